The zero-order chi connectivity index (χ0) is 12.3. The second-order valence-electron chi connectivity index (χ2n) is 4.50. The Kier molecular flexibility index (Phi) is 3.98. The van der Waals surface area contributed by atoms with Crippen molar-refractivity contribution in [3.63, 3.8) is 0 Å². The summed E-state index contributed by atoms with van der Waals surface area (Å²) in [6, 6.07) is 0. The van der Waals surface area contributed by atoms with Crippen LogP contribution in [-0.4, -0.2) is 55.1 Å². The van der Waals surface area contributed by atoms with E-state index in [1.807, 2.05) is 16.7 Å². The van der Waals surface area contributed by atoms with Gasteiger partial charge in [-0.2, -0.15) is 11.8 Å². The maximum atomic E-state index is 12.0. The first-order chi connectivity index (χ1) is 8.16. The number of thioether (sulfide) groups is 1. The Balaban J connectivity index is 1.91. The van der Waals surface area contributed by atoms with E-state index in [-0.39, 0.29) is 12.5 Å². The molecule has 2 rings (SSSR count). The Morgan fingerprint density at radius 1 is 1.59 bits per heavy atom. The Labute approximate surface area is 105 Å². The van der Waals surface area contributed by atoms with Gasteiger partial charge in [0.05, 0.1) is 0 Å². The second-order valence-corrected chi connectivity index (χ2v) is 5.85. The summed E-state index contributed by atoms with van der Waals surface area (Å²) in [6.07, 6.45) is 1.47. The van der Waals surface area contributed by atoms with E-state index >= 15 is 0 Å². The molecule has 1 atom stereocenters. The molecule has 94 valence electrons. The molecular weight excluding hydrogens is 238 g/mol. The minimum Gasteiger partial charge on any atom is -0.339 e. The number of nitrogens with zero attached hydrogens (tertiary/aromatic N) is 5. The first kappa shape index (κ1) is 12.3. The van der Waals surface area contributed by atoms with Crippen LogP contribution in [0, 0.1) is 5.92 Å². The first-order valence-corrected chi connectivity index (χ1v) is 6.82. The molecule has 1 saturated heterocycles. The van der Waals surface area contributed by atoms with Gasteiger partial charge in [0.1, 0.15) is 12.9 Å². The van der Waals surface area contributed by atoms with Crippen LogP contribution in [0.25, 0.3) is 0 Å². The summed E-state index contributed by atoms with van der Waals surface area (Å²) >= 11 is 1.96. The van der Waals surface area contributed by atoms with Gasteiger partial charge in [-0.05, 0) is 16.3 Å². The molecule has 7 heteroatoms. The lowest BCUT2D eigenvalue weighted by Crippen LogP contribution is -2.44. The van der Waals surface area contributed by atoms with Gasteiger partial charge < -0.3 is 4.90 Å². The lowest BCUT2D eigenvalue weighted by molar-refractivity contribution is -0.132. The largest absolute Gasteiger partial charge is 0.339 e. The molecule has 0 aromatic carbocycles. The predicted molar refractivity (Wildman–Crippen MR) is 65.5 cm³/mol. The Morgan fingerprint density at radius 2 is 2.41 bits per heavy atom. The van der Waals surface area contributed by atoms with Crippen LogP contribution in [0.4, 0.5) is 0 Å². The fourth-order valence-corrected chi connectivity index (χ4v) is 3.10. The van der Waals surface area contributed by atoms with E-state index in [2.05, 4.69) is 29.4 Å². The summed E-state index contributed by atoms with van der Waals surface area (Å²) in [5, 5.41) is 11.3. The highest BCUT2D eigenvalue weighted by Crippen LogP contribution is 2.24. The summed E-state index contributed by atoms with van der Waals surface area (Å²) in [6.45, 7) is 6.31. The molecule has 1 aliphatic rings. The SMILES string of the molecule is CC(C)[C@@H]1CN(C(=O)Cn2cnnn2)CCS1. The van der Waals surface area contributed by atoms with Gasteiger partial charge in [-0.3, -0.25) is 4.79 Å². The minimum atomic E-state index is 0.100. The van der Waals surface area contributed by atoms with Gasteiger partial charge in [-0.25, -0.2) is 4.68 Å². The monoisotopic (exact) mass is 255 g/mol. The van der Waals surface area contributed by atoms with Crippen LogP contribution in [0.2, 0.25) is 0 Å². The van der Waals surface area contributed by atoms with Crippen LogP contribution in [0.5, 0.6) is 0 Å². The van der Waals surface area contributed by atoms with Crippen molar-refractivity contribution in [2.45, 2.75) is 25.6 Å². The smallest absolute Gasteiger partial charge is 0.244 e. The number of amides is 1. The van der Waals surface area contributed by atoms with Gasteiger partial charge in [0.2, 0.25) is 5.91 Å². The third-order valence-corrected chi connectivity index (χ3v) is 4.42. The van der Waals surface area contributed by atoms with Crippen LogP contribution >= 0.6 is 11.8 Å². The number of rotatable bonds is 3. The number of hydrogen-bond donors (Lipinski definition) is 0. The van der Waals surface area contributed by atoms with Crippen LogP contribution < -0.4 is 0 Å². The van der Waals surface area contributed by atoms with Crippen LogP contribution in [0.15, 0.2) is 6.33 Å². The molecule has 0 spiro atoms. The van der Waals surface area contributed by atoms with Crippen molar-refractivity contribution in [1.29, 1.82) is 0 Å². The topological polar surface area (TPSA) is 63.9 Å². The summed E-state index contributed by atoms with van der Waals surface area (Å²) in [5.41, 5.74) is 0. The highest BCUT2D eigenvalue weighted by Gasteiger charge is 2.26. The molecule has 0 unspecified atom stereocenters. The van der Waals surface area contributed by atoms with Gasteiger partial charge in [0.25, 0.3) is 0 Å². The molecule has 17 heavy (non-hydrogen) atoms. The van der Waals surface area contributed by atoms with Crippen molar-refractivity contribution >= 4 is 17.7 Å². The fourth-order valence-electron chi connectivity index (χ4n) is 1.80. The quantitative estimate of drug-likeness (QED) is 0.776. The number of carbonyl (C=O) groups is 1. The molecule has 1 aromatic rings. The van der Waals surface area contributed by atoms with Gasteiger partial charge in [-0.1, -0.05) is 13.8 Å². The van der Waals surface area contributed by atoms with E-state index in [1.165, 1.54) is 11.0 Å². The first-order valence-electron chi connectivity index (χ1n) is 5.77. The van der Waals surface area contributed by atoms with E-state index < -0.39 is 0 Å². The average Bonchev–Trinajstić information content (AvgIpc) is 2.82. The normalized spacial score (nSPS) is 20.9. The molecule has 1 amide bonds. The maximum Gasteiger partial charge on any atom is 0.244 e. The number of tetrazole rings is 1. The molecule has 6 nitrogen and oxygen atoms in total. The van der Waals surface area contributed by atoms with Gasteiger partial charge >= 0.3 is 0 Å². The van der Waals surface area contributed by atoms with Crippen molar-refractivity contribution in [3.05, 3.63) is 6.33 Å². The number of hydrogen-bond acceptors (Lipinski definition) is 5. The van der Waals surface area contributed by atoms with E-state index in [9.17, 15) is 4.79 Å². The fraction of sp³-hybridized carbons (Fsp3) is 0.800. The van der Waals surface area contributed by atoms with Gasteiger partial charge in [0, 0.05) is 24.1 Å². The highest BCUT2D eigenvalue weighted by atomic mass is 32.2. The molecule has 1 aromatic heterocycles. The van der Waals surface area contributed by atoms with Crippen LogP contribution in [-0.2, 0) is 11.3 Å². The van der Waals surface area contributed by atoms with Crippen molar-refractivity contribution in [3.8, 4) is 0 Å². The highest BCUT2D eigenvalue weighted by molar-refractivity contribution is 8.00. The summed E-state index contributed by atoms with van der Waals surface area (Å²) in [7, 11) is 0. The predicted octanol–water partition coefficient (Wildman–Crippen LogP) is 0.273. The van der Waals surface area contributed by atoms with E-state index in [0.717, 1.165) is 18.8 Å². The van der Waals surface area contributed by atoms with Crippen molar-refractivity contribution in [1.82, 2.24) is 25.1 Å². The van der Waals surface area contributed by atoms with E-state index in [0.29, 0.717) is 11.2 Å². The van der Waals surface area contributed by atoms with Crippen LogP contribution in [0.3, 0.4) is 0 Å². The molecule has 0 radical (unpaired) electrons. The van der Waals surface area contributed by atoms with E-state index in [4.69, 9.17) is 0 Å². The molecule has 1 aliphatic heterocycles. The lowest BCUT2D eigenvalue weighted by Gasteiger charge is -2.34. The van der Waals surface area contributed by atoms with Crippen molar-refractivity contribution in [2.75, 3.05) is 18.8 Å². The Bertz CT molecular complexity index is 367. The second kappa shape index (κ2) is 5.48. The summed E-state index contributed by atoms with van der Waals surface area (Å²) in [4.78, 5) is 14.0. The van der Waals surface area contributed by atoms with Gasteiger partial charge in [-0.15, -0.1) is 5.10 Å². The minimum absolute atomic E-state index is 0.100. The molecule has 0 bridgehead atoms. The molecule has 1 fully saturated rings. The van der Waals surface area contributed by atoms with Crippen molar-refractivity contribution < 1.29 is 4.79 Å². The van der Waals surface area contributed by atoms with Crippen molar-refractivity contribution in [2.24, 2.45) is 5.92 Å². The average molecular weight is 255 g/mol. The summed E-state index contributed by atoms with van der Waals surface area (Å²) < 4.78 is 1.47. The Morgan fingerprint density at radius 3 is 3.06 bits per heavy atom. The molecule has 0 N–H and O–H groups in total. The summed E-state index contributed by atoms with van der Waals surface area (Å²) in [5.74, 6) is 1.72. The lowest BCUT2D eigenvalue weighted by atomic mass is 10.1. The number of aromatic nitrogens is 4. The molecule has 2 heterocycles. The van der Waals surface area contributed by atoms with Gasteiger partial charge in [0.15, 0.2) is 0 Å². The third-order valence-electron chi connectivity index (χ3n) is 2.88. The zero-order valence-electron chi connectivity index (χ0n) is 10.1. The van der Waals surface area contributed by atoms with Crippen LogP contribution in [0.1, 0.15) is 13.8 Å². The van der Waals surface area contributed by atoms with E-state index in [1.54, 1.807) is 0 Å². The third kappa shape index (κ3) is 3.18. The molecular formula is C10H17N5OS. The maximum absolute atomic E-state index is 12.0. The number of carbonyl (C=O) groups excluding carboxylic acids is 1. The Hall–Kier alpha value is -1.11. The standard InChI is InChI=1S/C10H17N5OS/c1-8(2)9-5-14(3-4-17-9)10(16)6-15-7-11-12-13-15/h7-9H,3-6H2,1-2H3/t9-/m0/s1. The zero-order valence-corrected chi connectivity index (χ0v) is 10.9. The molecule has 0 aliphatic carbocycles. The molecule has 0 saturated carbocycles.